The van der Waals surface area contributed by atoms with E-state index in [1.54, 1.807) is 0 Å². The Kier molecular flexibility index (Phi) is 7.72. The van der Waals surface area contributed by atoms with E-state index in [1.165, 1.54) is 16.7 Å². The van der Waals surface area contributed by atoms with Crippen LogP contribution in [0, 0.1) is 0 Å². The summed E-state index contributed by atoms with van der Waals surface area (Å²) in [5, 5.41) is 0. The van der Waals surface area contributed by atoms with Crippen LogP contribution in [-0.2, 0) is 19.8 Å². The number of hydrogen-bond donors (Lipinski definition) is 0. The zero-order valence-corrected chi connectivity index (χ0v) is 22.3. The molecule has 3 heteroatoms. The average Bonchev–Trinajstić information content (AvgIpc) is 3.44. The Labute approximate surface area is 235 Å². The Hall–Kier alpha value is -5.02. The first-order chi connectivity index (χ1) is 19.8. The Morgan fingerprint density at radius 1 is 0.400 bits per heavy atom. The van der Waals surface area contributed by atoms with Crippen LogP contribution in [0.3, 0.4) is 0 Å². The predicted molar refractivity (Wildman–Crippen MR) is 162 cm³/mol. The molecule has 0 amide bonds. The van der Waals surface area contributed by atoms with Crippen molar-refractivity contribution in [2.24, 2.45) is 0 Å². The third-order valence-corrected chi connectivity index (χ3v) is 6.92. The van der Waals surface area contributed by atoms with Gasteiger partial charge in [0.15, 0.2) is 0 Å². The second-order valence-electron chi connectivity index (χ2n) is 9.84. The lowest BCUT2D eigenvalue weighted by Gasteiger charge is -2.10. The van der Waals surface area contributed by atoms with Crippen LogP contribution in [0.5, 0.6) is 11.5 Å². The number of nitrogens with zero attached hydrogens (tertiary/aromatic N) is 1. The third-order valence-electron chi connectivity index (χ3n) is 6.92. The van der Waals surface area contributed by atoms with Gasteiger partial charge in [0.1, 0.15) is 24.7 Å². The van der Waals surface area contributed by atoms with Crippen LogP contribution in [0.2, 0.25) is 0 Å². The average molecular weight is 522 g/mol. The summed E-state index contributed by atoms with van der Waals surface area (Å²) in [6, 6.07) is 47.8. The zero-order chi connectivity index (χ0) is 27.0. The topological polar surface area (TPSA) is 23.4 Å². The SMILES string of the molecule is c1ccc(COc2ccc(-c3cn(Cc4ccccc4)cc3-c3ccc(OCc4ccccc4)cc3)cc2)cc1. The molecule has 6 aromatic rings. The Morgan fingerprint density at radius 2 is 0.775 bits per heavy atom. The van der Waals surface area contributed by atoms with Gasteiger partial charge in [0.05, 0.1) is 0 Å². The summed E-state index contributed by atoms with van der Waals surface area (Å²) in [7, 11) is 0. The van der Waals surface area contributed by atoms with Gasteiger partial charge in [0.2, 0.25) is 0 Å². The van der Waals surface area contributed by atoms with Crippen LogP contribution in [-0.4, -0.2) is 4.57 Å². The van der Waals surface area contributed by atoms with Crippen molar-refractivity contribution in [1.29, 1.82) is 0 Å². The molecule has 196 valence electrons. The number of hydrogen-bond acceptors (Lipinski definition) is 2. The zero-order valence-electron chi connectivity index (χ0n) is 22.3. The van der Waals surface area contributed by atoms with Gasteiger partial charge in [-0.15, -0.1) is 0 Å². The van der Waals surface area contributed by atoms with E-state index < -0.39 is 0 Å². The summed E-state index contributed by atoms with van der Waals surface area (Å²) in [4.78, 5) is 0. The smallest absolute Gasteiger partial charge is 0.119 e. The van der Waals surface area contributed by atoms with Gasteiger partial charge in [0, 0.05) is 30.1 Å². The van der Waals surface area contributed by atoms with Crippen molar-refractivity contribution in [3.8, 4) is 33.8 Å². The molecule has 0 N–H and O–H groups in total. The van der Waals surface area contributed by atoms with Crippen molar-refractivity contribution >= 4 is 0 Å². The van der Waals surface area contributed by atoms with E-state index in [0.717, 1.165) is 40.3 Å². The van der Waals surface area contributed by atoms with Gasteiger partial charge in [-0.1, -0.05) is 115 Å². The molecule has 0 atom stereocenters. The number of ether oxygens (including phenoxy) is 2. The van der Waals surface area contributed by atoms with E-state index >= 15 is 0 Å². The van der Waals surface area contributed by atoms with Crippen LogP contribution in [0.1, 0.15) is 16.7 Å². The van der Waals surface area contributed by atoms with Crippen molar-refractivity contribution in [3.05, 3.63) is 169 Å². The van der Waals surface area contributed by atoms with Gasteiger partial charge in [-0.2, -0.15) is 0 Å². The molecule has 0 fully saturated rings. The second-order valence-corrected chi connectivity index (χ2v) is 9.84. The van der Waals surface area contributed by atoms with Crippen molar-refractivity contribution in [1.82, 2.24) is 4.57 Å². The molecule has 0 bridgehead atoms. The molecule has 3 nitrogen and oxygen atoms in total. The molecule has 1 heterocycles. The summed E-state index contributed by atoms with van der Waals surface area (Å²) in [5.41, 5.74) is 8.25. The van der Waals surface area contributed by atoms with Crippen LogP contribution in [0.4, 0.5) is 0 Å². The van der Waals surface area contributed by atoms with E-state index in [2.05, 4.69) is 120 Å². The fourth-order valence-electron chi connectivity index (χ4n) is 4.80. The minimum Gasteiger partial charge on any atom is -0.489 e. The maximum atomic E-state index is 6.03. The highest BCUT2D eigenvalue weighted by atomic mass is 16.5. The number of rotatable bonds is 10. The summed E-state index contributed by atoms with van der Waals surface area (Å²) in [6.07, 6.45) is 4.48. The molecule has 0 spiro atoms. The highest BCUT2D eigenvalue weighted by Gasteiger charge is 2.13. The van der Waals surface area contributed by atoms with E-state index in [4.69, 9.17) is 9.47 Å². The van der Waals surface area contributed by atoms with Gasteiger partial charge in [-0.05, 0) is 52.1 Å². The van der Waals surface area contributed by atoms with Crippen LogP contribution < -0.4 is 9.47 Å². The van der Waals surface area contributed by atoms with Crippen LogP contribution >= 0.6 is 0 Å². The van der Waals surface area contributed by atoms with Gasteiger partial charge in [-0.25, -0.2) is 0 Å². The molecule has 0 aliphatic heterocycles. The molecule has 0 radical (unpaired) electrons. The fraction of sp³-hybridized carbons (Fsp3) is 0.0811. The highest BCUT2D eigenvalue weighted by Crippen LogP contribution is 2.35. The predicted octanol–water partition coefficient (Wildman–Crippen LogP) is 9.03. The van der Waals surface area contributed by atoms with E-state index in [0.29, 0.717) is 13.2 Å². The summed E-state index contributed by atoms with van der Waals surface area (Å²) >= 11 is 0. The molecular formula is C37H31NO2. The largest absolute Gasteiger partial charge is 0.489 e. The molecule has 5 aromatic carbocycles. The Balaban J connectivity index is 1.24. The maximum Gasteiger partial charge on any atom is 0.119 e. The lowest BCUT2D eigenvalue weighted by atomic mass is 9.99. The molecule has 1 aromatic heterocycles. The molecule has 0 saturated carbocycles. The Bertz CT molecular complexity index is 1520. The molecule has 0 aliphatic carbocycles. The Morgan fingerprint density at radius 3 is 1.18 bits per heavy atom. The number of aromatic nitrogens is 1. The standard InChI is InChI=1S/C37H31NO2/c1-4-10-29(11-5-1)24-38-25-36(32-16-20-34(21-17-32)39-27-30-12-6-2-7-13-30)37(26-38)33-18-22-35(23-19-33)40-28-31-14-8-3-9-15-31/h1-23,25-26H,24,27-28H2. The van der Waals surface area contributed by atoms with Crippen LogP contribution in [0.15, 0.2) is 152 Å². The quantitative estimate of drug-likeness (QED) is 0.180. The summed E-state index contributed by atoms with van der Waals surface area (Å²) < 4.78 is 14.3. The van der Waals surface area contributed by atoms with Gasteiger partial charge >= 0.3 is 0 Å². The van der Waals surface area contributed by atoms with Crippen molar-refractivity contribution in [3.63, 3.8) is 0 Å². The summed E-state index contributed by atoms with van der Waals surface area (Å²) in [5.74, 6) is 1.72. The fourth-order valence-corrected chi connectivity index (χ4v) is 4.80. The van der Waals surface area contributed by atoms with E-state index in [1.807, 2.05) is 36.4 Å². The molecular weight excluding hydrogens is 490 g/mol. The minimum atomic E-state index is 0.553. The second kappa shape index (κ2) is 12.2. The maximum absolute atomic E-state index is 6.03. The van der Waals surface area contributed by atoms with Crippen molar-refractivity contribution in [2.75, 3.05) is 0 Å². The van der Waals surface area contributed by atoms with Crippen molar-refractivity contribution in [2.45, 2.75) is 19.8 Å². The minimum absolute atomic E-state index is 0.553. The van der Waals surface area contributed by atoms with Gasteiger partial charge in [0.25, 0.3) is 0 Å². The third kappa shape index (κ3) is 6.33. The van der Waals surface area contributed by atoms with E-state index in [9.17, 15) is 0 Å². The first-order valence-corrected chi connectivity index (χ1v) is 13.6. The molecule has 0 saturated heterocycles. The van der Waals surface area contributed by atoms with Gasteiger partial charge in [-0.3, -0.25) is 0 Å². The van der Waals surface area contributed by atoms with Crippen molar-refractivity contribution < 1.29 is 9.47 Å². The first kappa shape index (κ1) is 25.3. The summed E-state index contributed by atoms with van der Waals surface area (Å²) in [6.45, 7) is 1.92. The lowest BCUT2D eigenvalue weighted by molar-refractivity contribution is 0.306. The lowest BCUT2D eigenvalue weighted by Crippen LogP contribution is -1.95. The first-order valence-electron chi connectivity index (χ1n) is 13.6. The molecule has 40 heavy (non-hydrogen) atoms. The molecule has 0 unspecified atom stereocenters. The molecule has 6 rings (SSSR count). The molecule has 0 aliphatic rings. The highest BCUT2D eigenvalue weighted by molar-refractivity contribution is 5.83. The van der Waals surface area contributed by atoms with Crippen LogP contribution in [0.25, 0.3) is 22.3 Å². The monoisotopic (exact) mass is 521 g/mol. The van der Waals surface area contributed by atoms with Gasteiger partial charge < -0.3 is 14.0 Å². The van der Waals surface area contributed by atoms with E-state index in [-0.39, 0.29) is 0 Å². The number of benzene rings is 5. The normalized spacial score (nSPS) is 10.8.